The van der Waals surface area contributed by atoms with Crippen molar-refractivity contribution in [1.29, 1.82) is 0 Å². The number of hydrogen-bond donors (Lipinski definition) is 1. The molecule has 0 aliphatic heterocycles. The minimum atomic E-state index is 0.486. The zero-order valence-electron chi connectivity index (χ0n) is 7.64. The van der Waals surface area contributed by atoms with E-state index in [9.17, 15) is 0 Å². The molecule has 1 aliphatic carbocycles. The predicted octanol–water partition coefficient (Wildman–Crippen LogP) is 2.89. The molecule has 2 atom stereocenters. The van der Waals surface area contributed by atoms with Crippen LogP contribution >= 0.6 is 12.6 Å². The van der Waals surface area contributed by atoms with Crippen molar-refractivity contribution in [2.45, 2.75) is 25.3 Å². The van der Waals surface area contributed by atoms with Crippen LogP contribution in [-0.4, -0.2) is 11.1 Å². The van der Waals surface area contributed by atoms with Crippen molar-refractivity contribution < 1.29 is 0 Å². The quantitative estimate of drug-likeness (QED) is 0.419. The number of rotatable bonds is 2. The Hall–Kier alpha value is -0.760. The molecule has 0 radical (unpaired) electrons. The van der Waals surface area contributed by atoms with E-state index in [0.717, 1.165) is 5.04 Å². The summed E-state index contributed by atoms with van der Waals surface area (Å²) in [4.78, 5) is 4.43. The van der Waals surface area contributed by atoms with E-state index in [1.165, 1.54) is 12.0 Å². The summed E-state index contributed by atoms with van der Waals surface area (Å²) in [5, 5.41) is 0.892. The van der Waals surface area contributed by atoms with E-state index < -0.39 is 0 Å². The third-order valence-corrected chi connectivity index (χ3v) is 2.45. The summed E-state index contributed by atoms with van der Waals surface area (Å²) >= 11 is 4.18. The van der Waals surface area contributed by atoms with E-state index in [1.54, 1.807) is 0 Å². The van der Waals surface area contributed by atoms with Gasteiger partial charge in [0.1, 0.15) is 0 Å². The Morgan fingerprint density at radius 1 is 1.38 bits per heavy atom. The van der Waals surface area contributed by atoms with Crippen molar-refractivity contribution in [3.05, 3.63) is 35.9 Å². The van der Waals surface area contributed by atoms with Gasteiger partial charge in [0.15, 0.2) is 0 Å². The monoisotopic (exact) mass is 191 g/mol. The van der Waals surface area contributed by atoms with Crippen LogP contribution in [0.3, 0.4) is 0 Å². The summed E-state index contributed by atoms with van der Waals surface area (Å²) < 4.78 is 0. The normalized spacial score (nSPS) is 27.4. The molecular formula is C11H13NS. The van der Waals surface area contributed by atoms with Gasteiger partial charge >= 0.3 is 0 Å². The van der Waals surface area contributed by atoms with Crippen molar-refractivity contribution in [2.75, 3.05) is 0 Å². The molecule has 2 rings (SSSR count). The van der Waals surface area contributed by atoms with Crippen LogP contribution in [0, 0.1) is 0 Å². The van der Waals surface area contributed by atoms with E-state index in [0.29, 0.717) is 12.0 Å². The van der Waals surface area contributed by atoms with Gasteiger partial charge < -0.3 is 0 Å². The van der Waals surface area contributed by atoms with E-state index in [2.05, 4.69) is 41.9 Å². The van der Waals surface area contributed by atoms with E-state index in [1.807, 2.05) is 13.0 Å². The molecule has 1 aliphatic rings. The third-order valence-electron chi connectivity index (χ3n) is 2.34. The molecule has 1 aromatic rings. The van der Waals surface area contributed by atoms with Gasteiger partial charge in [-0.1, -0.05) is 30.3 Å². The lowest BCUT2D eigenvalue weighted by molar-refractivity contribution is 0.993. The fraction of sp³-hybridized carbons (Fsp3) is 0.364. The maximum absolute atomic E-state index is 4.43. The van der Waals surface area contributed by atoms with Crippen LogP contribution in [0.15, 0.2) is 35.3 Å². The van der Waals surface area contributed by atoms with Crippen LogP contribution in [0.1, 0.15) is 24.8 Å². The molecule has 1 aromatic carbocycles. The molecular weight excluding hydrogens is 178 g/mol. The molecule has 0 saturated heterocycles. The van der Waals surface area contributed by atoms with Gasteiger partial charge in [-0.05, 0) is 18.9 Å². The summed E-state index contributed by atoms with van der Waals surface area (Å²) in [5.74, 6) is 0.642. The van der Waals surface area contributed by atoms with Crippen LogP contribution in [0.2, 0.25) is 0 Å². The van der Waals surface area contributed by atoms with Gasteiger partial charge in [0.05, 0.1) is 11.1 Å². The second kappa shape index (κ2) is 3.54. The molecule has 1 saturated carbocycles. The van der Waals surface area contributed by atoms with Crippen LogP contribution in [0.5, 0.6) is 0 Å². The Morgan fingerprint density at radius 2 is 2.08 bits per heavy atom. The molecule has 0 heterocycles. The van der Waals surface area contributed by atoms with Crippen LogP contribution < -0.4 is 0 Å². The zero-order valence-corrected chi connectivity index (χ0v) is 8.54. The number of aliphatic imine (C=N–C) groups is 1. The number of hydrogen-bond acceptors (Lipinski definition) is 1. The molecule has 0 amide bonds. The summed E-state index contributed by atoms with van der Waals surface area (Å²) in [6, 6.07) is 11.1. The lowest BCUT2D eigenvalue weighted by Crippen LogP contribution is -1.87. The maximum Gasteiger partial charge on any atom is 0.0618 e. The Kier molecular flexibility index (Phi) is 2.40. The van der Waals surface area contributed by atoms with Gasteiger partial charge in [-0.15, -0.1) is 12.6 Å². The largest absolute Gasteiger partial charge is 0.279 e. The Bertz CT molecular complexity index is 314. The topological polar surface area (TPSA) is 12.4 Å². The molecule has 1 nitrogen and oxygen atoms in total. The zero-order chi connectivity index (χ0) is 9.26. The molecule has 0 N–H and O–H groups in total. The number of thiol groups is 1. The smallest absolute Gasteiger partial charge is 0.0618 e. The van der Waals surface area contributed by atoms with Gasteiger partial charge in [-0.3, -0.25) is 4.99 Å². The first-order valence-corrected chi connectivity index (χ1v) is 5.00. The van der Waals surface area contributed by atoms with Crippen molar-refractivity contribution in [1.82, 2.24) is 0 Å². The fourth-order valence-corrected chi connectivity index (χ4v) is 1.77. The molecule has 13 heavy (non-hydrogen) atoms. The van der Waals surface area contributed by atoms with E-state index in [4.69, 9.17) is 0 Å². The summed E-state index contributed by atoms with van der Waals surface area (Å²) in [5.41, 5.74) is 1.41. The lowest BCUT2D eigenvalue weighted by atomic mass is 10.1. The standard InChI is InChI=1S/C11H13NS/c1-8(13)12-11-7-10(11)9-5-3-2-4-6-9/h2-6,10-11H,7H2,1H3,(H,12,13). The predicted molar refractivity (Wildman–Crippen MR) is 59.7 cm³/mol. The highest BCUT2D eigenvalue weighted by molar-refractivity contribution is 7.96. The first kappa shape index (κ1) is 8.82. The number of nitrogens with zero attached hydrogens (tertiary/aromatic N) is 1. The van der Waals surface area contributed by atoms with Crippen molar-refractivity contribution in [2.24, 2.45) is 4.99 Å². The van der Waals surface area contributed by atoms with Crippen LogP contribution in [0.25, 0.3) is 0 Å². The second-order valence-corrected chi connectivity index (χ2v) is 4.14. The summed E-state index contributed by atoms with van der Waals surface area (Å²) in [6.07, 6.45) is 1.18. The lowest BCUT2D eigenvalue weighted by Gasteiger charge is -1.96. The van der Waals surface area contributed by atoms with E-state index in [-0.39, 0.29) is 0 Å². The highest BCUT2D eigenvalue weighted by Gasteiger charge is 2.37. The SMILES string of the molecule is C/C(S)=N/C1CC1c1ccccc1. The van der Waals surface area contributed by atoms with E-state index >= 15 is 0 Å². The van der Waals surface area contributed by atoms with Gasteiger partial charge in [0.2, 0.25) is 0 Å². The van der Waals surface area contributed by atoms with Gasteiger partial charge in [-0.2, -0.15) is 0 Å². The average Bonchev–Trinajstić information content (AvgIpc) is 2.84. The maximum atomic E-state index is 4.43. The fourth-order valence-electron chi connectivity index (χ4n) is 1.62. The Balaban J connectivity index is 2.05. The molecule has 2 unspecified atom stereocenters. The second-order valence-electron chi connectivity index (χ2n) is 3.50. The average molecular weight is 191 g/mol. The van der Waals surface area contributed by atoms with Crippen molar-refractivity contribution in [3.8, 4) is 0 Å². The molecule has 0 bridgehead atoms. The highest BCUT2D eigenvalue weighted by Crippen LogP contribution is 2.43. The minimum Gasteiger partial charge on any atom is -0.279 e. The first-order chi connectivity index (χ1) is 6.27. The number of benzene rings is 1. The minimum absolute atomic E-state index is 0.486. The molecule has 2 heteroatoms. The Morgan fingerprint density at radius 3 is 2.69 bits per heavy atom. The Labute approximate surface area is 84.3 Å². The molecule has 0 aromatic heterocycles. The molecule has 1 fully saturated rings. The van der Waals surface area contributed by atoms with Crippen molar-refractivity contribution in [3.63, 3.8) is 0 Å². The van der Waals surface area contributed by atoms with Gasteiger partial charge in [0.25, 0.3) is 0 Å². The molecule has 68 valence electrons. The first-order valence-electron chi connectivity index (χ1n) is 4.55. The van der Waals surface area contributed by atoms with Gasteiger partial charge in [0, 0.05) is 5.92 Å². The molecule has 0 spiro atoms. The van der Waals surface area contributed by atoms with Gasteiger partial charge in [-0.25, -0.2) is 0 Å². The van der Waals surface area contributed by atoms with Crippen LogP contribution in [0.4, 0.5) is 0 Å². The third kappa shape index (κ3) is 2.13. The van der Waals surface area contributed by atoms with Crippen molar-refractivity contribution >= 4 is 17.7 Å². The summed E-state index contributed by atoms with van der Waals surface area (Å²) in [6.45, 7) is 1.93. The van der Waals surface area contributed by atoms with Crippen LogP contribution in [-0.2, 0) is 0 Å². The summed E-state index contributed by atoms with van der Waals surface area (Å²) in [7, 11) is 0. The highest BCUT2D eigenvalue weighted by atomic mass is 32.1.